The number of hydrogen-bond acceptors (Lipinski definition) is 1. The summed E-state index contributed by atoms with van der Waals surface area (Å²) in [4.78, 5) is 0. The van der Waals surface area contributed by atoms with E-state index in [1.807, 2.05) is 7.05 Å². The minimum Gasteiger partial charge on any atom is -0.319 e. The third-order valence-electron chi connectivity index (χ3n) is 1.95. The summed E-state index contributed by atoms with van der Waals surface area (Å²) >= 11 is 0. The first-order valence-corrected chi connectivity index (χ1v) is 4.94. The Kier molecular flexibility index (Phi) is 4.22. The highest BCUT2D eigenvalue weighted by atomic mass is 14.8. The molecule has 0 heterocycles. The highest BCUT2D eigenvalue weighted by Crippen LogP contribution is 2.07. The van der Waals surface area contributed by atoms with Crippen molar-refractivity contribution in [3.8, 4) is 11.8 Å². The lowest BCUT2D eigenvalue weighted by Gasteiger charge is -1.97. The molecule has 74 valence electrons. The molecule has 0 amide bonds. The van der Waals surface area contributed by atoms with Crippen molar-refractivity contribution in [1.29, 1.82) is 0 Å². The monoisotopic (exact) mass is 187 g/mol. The van der Waals surface area contributed by atoms with Gasteiger partial charge >= 0.3 is 0 Å². The minimum atomic E-state index is 0.906. The first-order valence-electron chi connectivity index (χ1n) is 4.94. The van der Waals surface area contributed by atoms with E-state index in [0.29, 0.717) is 0 Å². The number of hydrogen-bond donors (Lipinski definition) is 1. The Hall–Kier alpha value is -1.26. The van der Waals surface area contributed by atoms with E-state index in [2.05, 4.69) is 49.2 Å². The predicted octanol–water partition coefficient (Wildman–Crippen LogP) is 2.26. The van der Waals surface area contributed by atoms with Crippen molar-refractivity contribution < 1.29 is 0 Å². The van der Waals surface area contributed by atoms with Crippen LogP contribution in [0.2, 0.25) is 0 Å². The fourth-order valence-electron chi connectivity index (χ4n) is 1.40. The van der Waals surface area contributed by atoms with Gasteiger partial charge in [0.15, 0.2) is 0 Å². The summed E-state index contributed by atoms with van der Waals surface area (Å²) < 4.78 is 0. The molecule has 1 aromatic carbocycles. The summed E-state index contributed by atoms with van der Waals surface area (Å²) in [5, 5.41) is 3.07. The van der Waals surface area contributed by atoms with Crippen molar-refractivity contribution in [2.45, 2.75) is 20.3 Å². The molecule has 0 bridgehead atoms. The smallest absolute Gasteiger partial charge is 0.0250 e. The van der Waals surface area contributed by atoms with Crippen molar-refractivity contribution in [3.05, 3.63) is 34.9 Å². The van der Waals surface area contributed by atoms with E-state index < -0.39 is 0 Å². The maximum atomic E-state index is 3.17. The molecule has 0 aliphatic rings. The van der Waals surface area contributed by atoms with Gasteiger partial charge in [-0.2, -0.15) is 0 Å². The zero-order valence-electron chi connectivity index (χ0n) is 9.15. The average Bonchev–Trinajstić information content (AvgIpc) is 2.11. The normalized spacial score (nSPS) is 9.36. The van der Waals surface area contributed by atoms with Crippen LogP contribution >= 0.6 is 0 Å². The number of aryl methyl sites for hydroxylation is 2. The van der Waals surface area contributed by atoms with Crippen LogP contribution in [-0.4, -0.2) is 13.6 Å². The second-order valence-corrected chi connectivity index (χ2v) is 3.53. The quantitative estimate of drug-likeness (QED) is 0.553. The Balaban J connectivity index is 2.69. The van der Waals surface area contributed by atoms with Gasteiger partial charge in [-0.3, -0.25) is 0 Å². The molecule has 0 saturated heterocycles. The van der Waals surface area contributed by atoms with Gasteiger partial charge < -0.3 is 5.32 Å². The van der Waals surface area contributed by atoms with Crippen molar-refractivity contribution in [3.63, 3.8) is 0 Å². The van der Waals surface area contributed by atoms with Crippen LogP contribution in [0.5, 0.6) is 0 Å². The zero-order valence-corrected chi connectivity index (χ0v) is 9.15. The number of rotatable bonds is 2. The molecule has 0 fully saturated rings. The van der Waals surface area contributed by atoms with E-state index >= 15 is 0 Å². The molecule has 1 N–H and O–H groups in total. The molecular weight excluding hydrogens is 170 g/mol. The molecule has 0 radical (unpaired) electrons. The van der Waals surface area contributed by atoms with Gasteiger partial charge in [-0.15, -0.1) is 0 Å². The Morgan fingerprint density at radius 1 is 1.14 bits per heavy atom. The highest BCUT2D eigenvalue weighted by molar-refractivity contribution is 5.39. The Morgan fingerprint density at radius 3 is 2.36 bits per heavy atom. The van der Waals surface area contributed by atoms with Crippen molar-refractivity contribution in [1.82, 2.24) is 5.32 Å². The molecule has 1 rings (SSSR count). The SMILES string of the molecule is CNCCC#Cc1cc(C)cc(C)c1. The predicted molar refractivity (Wildman–Crippen MR) is 61.3 cm³/mol. The minimum absolute atomic E-state index is 0.906. The molecule has 0 aliphatic heterocycles. The first kappa shape index (κ1) is 10.8. The molecule has 0 aliphatic carbocycles. The van der Waals surface area contributed by atoms with Crippen LogP contribution in [0.3, 0.4) is 0 Å². The molecule has 1 nitrogen and oxygen atoms in total. The number of benzene rings is 1. The van der Waals surface area contributed by atoms with Gasteiger partial charge in [0.2, 0.25) is 0 Å². The van der Waals surface area contributed by atoms with Gasteiger partial charge in [-0.05, 0) is 44.2 Å². The molecule has 0 atom stereocenters. The second-order valence-electron chi connectivity index (χ2n) is 3.53. The van der Waals surface area contributed by atoms with Crippen molar-refractivity contribution >= 4 is 0 Å². The molecule has 1 aromatic rings. The Morgan fingerprint density at radius 2 is 1.79 bits per heavy atom. The second kappa shape index (κ2) is 5.47. The third-order valence-corrected chi connectivity index (χ3v) is 1.95. The van der Waals surface area contributed by atoms with Crippen LogP contribution in [-0.2, 0) is 0 Å². The summed E-state index contributed by atoms with van der Waals surface area (Å²) in [6, 6.07) is 6.41. The largest absolute Gasteiger partial charge is 0.319 e. The summed E-state index contributed by atoms with van der Waals surface area (Å²) in [6.45, 7) is 5.16. The maximum Gasteiger partial charge on any atom is 0.0250 e. The van der Waals surface area contributed by atoms with Crippen LogP contribution in [0.15, 0.2) is 18.2 Å². The van der Waals surface area contributed by atoms with Crippen LogP contribution in [0, 0.1) is 25.7 Å². The topological polar surface area (TPSA) is 12.0 Å². The molecule has 0 spiro atoms. The summed E-state index contributed by atoms with van der Waals surface area (Å²) in [5.74, 6) is 6.32. The van der Waals surface area contributed by atoms with E-state index in [9.17, 15) is 0 Å². The lowest BCUT2D eigenvalue weighted by Crippen LogP contribution is -2.05. The highest BCUT2D eigenvalue weighted by Gasteiger charge is 1.91. The summed E-state index contributed by atoms with van der Waals surface area (Å²) in [5.41, 5.74) is 3.68. The van der Waals surface area contributed by atoms with Gasteiger partial charge in [-0.1, -0.05) is 17.9 Å². The van der Waals surface area contributed by atoms with Crippen LogP contribution in [0.25, 0.3) is 0 Å². The lowest BCUT2D eigenvalue weighted by atomic mass is 10.1. The molecule has 0 aromatic heterocycles. The molecular formula is C13H17N. The van der Waals surface area contributed by atoms with E-state index in [-0.39, 0.29) is 0 Å². The van der Waals surface area contributed by atoms with Gasteiger partial charge in [-0.25, -0.2) is 0 Å². The van der Waals surface area contributed by atoms with Gasteiger partial charge in [0.25, 0.3) is 0 Å². The average molecular weight is 187 g/mol. The van der Waals surface area contributed by atoms with Gasteiger partial charge in [0, 0.05) is 18.5 Å². The Bertz CT molecular complexity index is 335. The van der Waals surface area contributed by atoms with E-state index in [1.165, 1.54) is 11.1 Å². The van der Waals surface area contributed by atoms with Gasteiger partial charge in [0.05, 0.1) is 0 Å². The molecule has 14 heavy (non-hydrogen) atoms. The summed E-state index contributed by atoms with van der Waals surface area (Å²) in [6.07, 6.45) is 0.906. The third kappa shape index (κ3) is 3.64. The zero-order chi connectivity index (χ0) is 10.4. The van der Waals surface area contributed by atoms with Crippen LogP contribution in [0.1, 0.15) is 23.1 Å². The standard InChI is InChI=1S/C13H17N/c1-11-8-12(2)10-13(9-11)6-4-5-7-14-3/h8-10,14H,5,7H2,1-3H3. The van der Waals surface area contributed by atoms with E-state index in [0.717, 1.165) is 18.5 Å². The summed E-state index contributed by atoms with van der Waals surface area (Å²) in [7, 11) is 1.94. The van der Waals surface area contributed by atoms with Crippen molar-refractivity contribution in [2.75, 3.05) is 13.6 Å². The maximum absolute atomic E-state index is 3.17. The van der Waals surface area contributed by atoms with E-state index in [4.69, 9.17) is 0 Å². The number of nitrogens with one attached hydrogen (secondary N) is 1. The molecule has 0 saturated carbocycles. The van der Waals surface area contributed by atoms with E-state index in [1.54, 1.807) is 0 Å². The molecule has 1 heteroatoms. The first-order chi connectivity index (χ1) is 6.72. The Labute approximate surface area is 86.5 Å². The van der Waals surface area contributed by atoms with Gasteiger partial charge in [0.1, 0.15) is 0 Å². The van der Waals surface area contributed by atoms with Crippen LogP contribution < -0.4 is 5.32 Å². The fraction of sp³-hybridized carbons (Fsp3) is 0.385. The fourth-order valence-corrected chi connectivity index (χ4v) is 1.40. The van der Waals surface area contributed by atoms with Crippen LogP contribution in [0.4, 0.5) is 0 Å². The molecule has 0 unspecified atom stereocenters. The van der Waals surface area contributed by atoms with Crippen molar-refractivity contribution in [2.24, 2.45) is 0 Å². The lowest BCUT2D eigenvalue weighted by molar-refractivity contribution is 0.818.